The first-order valence-electron chi connectivity index (χ1n) is 8.96. The molecule has 0 aliphatic carbocycles. The molecule has 1 N–H and O–H groups in total. The van der Waals surface area contributed by atoms with Gasteiger partial charge in [0.15, 0.2) is 0 Å². The lowest BCUT2D eigenvalue weighted by Crippen LogP contribution is -2.13. The van der Waals surface area contributed by atoms with E-state index in [2.05, 4.69) is 15.5 Å². The normalized spacial score (nSPS) is 10.7. The number of thioether (sulfide) groups is 1. The number of nitrogens with zero attached hydrogens (tertiary/aromatic N) is 2. The van der Waals surface area contributed by atoms with Crippen molar-refractivity contribution in [3.8, 4) is 11.5 Å². The molecular weight excluding hydrogens is 425 g/mol. The Morgan fingerprint density at radius 2 is 1.80 bits per heavy atom. The van der Waals surface area contributed by atoms with Crippen LogP contribution in [0.5, 0.6) is 0 Å². The van der Waals surface area contributed by atoms with Crippen LogP contribution in [0.4, 0.5) is 10.1 Å². The van der Waals surface area contributed by atoms with Gasteiger partial charge in [-0.3, -0.25) is 4.79 Å². The Labute approximate surface area is 181 Å². The number of aromatic nitrogens is 2. The minimum absolute atomic E-state index is 0.0466. The van der Waals surface area contributed by atoms with E-state index in [1.807, 2.05) is 30.3 Å². The average molecular weight is 440 g/mol. The topological polar surface area (TPSA) is 68.0 Å². The van der Waals surface area contributed by atoms with Gasteiger partial charge < -0.3 is 9.73 Å². The number of hydrogen-bond donors (Lipinski definition) is 1. The fourth-order valence-corrected chi connectivity index (χ4v) is 3.69. The lowest BCUT2D eigenvalue weighted by atomic mass is 10.1. The number of benzene rings is 3. The van der Waals surface area contributed by atoms with Gasteiger partial charge in [-0.25, -0.2) is 4.39 Å². The van der Waals surface area contributed by atoms with Crippen molar-refractivity contribution < 1.29 is 13.6 Å². The van der Waals surface area contributed by atoms with E-state index in [1.165, 1.54) is 30.0 Å². The van der Waals surface area contributed by atoms with Crippen LogP contribution in [0, 0.1) is 5.82 Å². The van der Waals surface area contributed by atoms with Crippen LogP contribution in [-0.2, 0) is 5.75 Å². The summed E-state index contributed by atoms with van der Waals surface area (Å²) in [7, 11) is 0. The van der Waals surface area contributed by atoms with Crippen LogP contribution < -0.4 is 5.32 Å². The number of anilines is 1. The largest absolute Gasteiger partial charge is 0.411 e. The highest BCUT2D eigenvalue weighted by Crippen LogP contribution is 2.32. The summed E-state index contributed by atoms with van der Waals surface area (Å²) in [6, 6.07) is 20.6. The van der Waals surface area contributed by atoms with Crippen molar-refractivity contribution >= 4 is 35.0 Å². The predicted molar refractivity (Wildman–Crippen MR) is 115 cm³/mol. The van der Waals surface area contributed by atoms with Gasteiger partial charge in [-0.2, -0.15) is 0 Å². The summed E-state index contributed by atoms with van der Waals surface area (Å²) in [5, 5.41) is 11.5. The summed E-state index contributed by atoms with van der Waals surface area (Å²) in [6.45, 7) is 0. The molecule has 0 aliphatic heterocycles. The predicted octanol–water partition coefficient (Wildman–Crippen LogP) is 6.07. The molecule has 0 radical (unpaired) electrons. The number of carbonyl (C=O) groups excluding carboxylic acids is 1. The lowest BCUT2D eigenvalue weighted by molar-refractivity contribution is 0.102. The standard InChI is InChI=1S/C22H15ClFN3O2S/c23-18-12-15(25-20(28)17-8-4-5-9-19(17)24)10-11-16(18)21-26-27-22(29-21)30-13-14-6-2-1-3-7-14/h1-12H,13H2,(H,25,28). The smallest absolute Gasteiger partial charge is 0.277 e. The molecular formula is C22H15ClFN3O2S. The molecule has 0 aliphatic rings. The zero-order valence-corrected chi connectivity index (χ0v) is 17.1. The van der Waals surface area contributed by atoms with Gasteiger partial charge in [-0.15, -0.1) is 10.2 Å². The van der Waals surface area contributed by atoms with E-state index in [1.54, 1.807) is 24.3 Å². The summed E-state index contributed by atoms with van der Waals surface area (Å²) in [5.74, 6) is -0.169. The Kier molecular flexibility index (Phi) is 6.11. The van der Waals surface area contributed by atoms with E-state index < -0.39 is 11.7 Å². The molecule has 4 aromatic rings. The summed E-state index contributed by atoms with van der Waals surface area (Å²) in [4.78, 5) is 12.3. The highest BCUT2D eigenvalue weighted by molar-refractivity contribution is 7.98. The molecule has 1 amide bonds. The van der Waals surface area contributed by atoms with Crippen LogP contribution >= 0.6 is 23.4 Å². The van der Waals surface area contributed by atoms with Gasteiger partial charge in [-0.1, -0.05) is 65.8 Å². The molecule has 8 heteroatoms. The average Bonchev–Trinajstić information content (AvgIpc) is 3.22. The Morgan fingerprint density at radius 1 is 1.03 bits per heavy atom. The number of carbonyl (C=O) groups is 1. The second kappa shape index (κ2) is 9.11. The van der Waals surface area contributed by atoms with Crippen molar-refractivity contribution in [2.75, 3.05) is 5.32 Å². The first-order valence-corrected chi connectivity index (χ1v) is 10.3. The van der Waals surface area contributed by atoms with Gasteiger partial charge in [0.25, 0.3) is 11.1 Å². The van der Waals surface area contributed by atoms with E-state index in [9.17, 15) is 9.18 Å². The third kappa shape index (κ3) is 4.69. The molecule has 1 heterocycles. The maximum Gasteiger partial charge on any atom is 0.277 e. The summed E-state index contributed by atoms with van der Waals surface area (Å²) in [6.07, 6.45) is 0. The van der Waals surface area contributed by atoms with Crippen LogP contribution in [0.1, 0.15) is 15.9 Å². The zero-order valence-electron chi connectivity index (χ0n) is 15.5. The Hall–Kier alpha value is -3.16. The van der Waals surface area contributed by atoms with Gasteiger partial charge in [0.1, 0.15) is 5.82 Å². The van der Waals surface area contributed by atoms with E-state index in [-0.39, 0.29) is 11.5 Å². The quantitative estimate of drug-likeness (QED) is 0.369. The van der Waals surface area contributed by atoms with Gasteiger partial charge >= 0.3 is 0 Å². The van der Waals surface area contributed by atoms with Crippen LogP contribution in [0.25, 0.3) is 11.5 Å². The number of nitrogens with one attached hydrogen (secondary N) is 1. The Bertz CT molecular complexity index is 1180. The van der Waals surface area contributed by atoms with Crippen LogP contribution in [0.2, 0.25) is 5.02 Å². The summed E-state index contributed by atoms with van der Waals surface area (Å²) < 4.78 is 19.5. The zero-order chi connectivity index (χ0) is 20.9. The van der Waals surface area contributed by atoms with E-state index in [4.69, 9.17) is 16.0 Å². The number of amides is 1. The Balaban J connectivity index is 1.45. The molecule has 3 aromatic carbocycles. The van der Waals surface area contributed by atoms with Crippen molar-refractivity contribution in [3.63, 3.8) is 0 Å². The molecule has 0 fully saturated rings. The number of hydrogen-bond acceptors (Lipinski definition) is 5. The molecule has 0 atom stereocenters. The summed E-state index contributed by atoms with van der Waals surface area (Å²) >= 11 is 7.78. The SMILES string of the molecule is O=C(Nc1ccc(-c2nnc(SCc3ccccc3)o2)c(Cl)c1)c1ccccc1F. The van der Waals surface area contributed by atoms with Crippen molar-refractivity contribution in [3.05, 3.63) is 94.8 Å². The maximum absolute atomic E-state index is 13.8. The maximum atomic E-state index is 13.8. The molecule has 150 valence electrons. The molecule has 30 heavy (non-hydrogen) atoms. The second-order valence-electron chi connectivity index (χ2n) is 6.28. The van der Waals surface area contributed by atoms with E-state index in [0.29, 0.717) is 27.2 Å². The van der Waals surface area contributed by atoms with Crippen molar-refractivity contribution in [1.82, 2.24) is 10.2 Å². The van der Waals surface area contributed by atoms with E-state index in [0.717, 1.165) is 5.56 Å². The van der Waals surface area contributed by atoms with E-state index >= 15 is 0 Å². The molecule has 0 saturated carbocycles. The highest BCUT2D eigenvalue weighted by atomic mass is 35.5. The molecule has 4 rings (SSSR count). The van der Waals surface area contributed by atoms with Gasteiger partial charge in [0.2, 0.25) is 5.89 Å². The monoisotopic (exact) mass is 439 g/mol. The van der Waals surface area contributed by atoms with Gasteiger partial charge in [-0.05, 0) is 35.9 Å². The molecule has 0 spiro atoms. The molecule has 0 bridgehead atoms. The van der Waals surface area contributed by atoms with Crippen molar-refractivity contribution in [2.45, 2.75) is 11.0 Å². The van der Waals surface area contributed by atoms with Crippen LogP contribution in [0.15, 0.2) is 82.4 Å². The fraction of sp³-hybridized carbons (Fsp3) is 0.0455. The third-order valence-electron chi connectivity index (χ3n) is 4.19. The van der Waals surface area contributed by atoms with Crippen molar-refractivity contribution in [1.29, 1.82) is 0 Å². The first-order chi connectivity index (χ1) is 14.6. The lowest BCUT2D eigenvalue weighted by Gasteiger charge is -2.08. The van der Waals surface area contributed by atoms with Crippen molar-refractivity contribution in [2.24, 2.45) is 0 Å². The van der Waals surface area contributed by atoms with Crippen LogP contribution in [-0.4, -0.2) is 16.1 Å². The third-order valence-corrected chi connectivity index (χ3v) is 5.39. The molecule has 5 nitrogen and oxygen atoms in total. The Morgan fingerprint density at radius 3 is 2.57 bits per heavy atom. The van der Waals surface area contributed by atoms with Gasteiger partial charge in [0, 0.05) is 11.4 Å². The minimum atomic E-state index is -0.593. The van der Waals surface area contributed by atoms with Crippen LogP contribution in [0.3, 0.4) is 0 Å². The molecule has 1 aromatic heterocycles. The molecule has 0 unspecified atom stereocenters. The first kappa shape index (κ1) is 20.1. The van der Waals surface area contributed by atoms with Gasteiger partial charge in [0.05, 0.1) is 16.1 Å². The second-order valence-corrected chi connectivity index (χ2v) is 7.61. The fourth-order valence-electron chi connectivity index (χ4n) is 2.71. The number of rotatable bonds is 6. The highest BCUT2D eigenvalue weighted by Gasteiger charge is 2.15. The molecule has 0 saturated heterocycles. The minimum Gasteiger partial charge on any atom is -0.411 e. The summed E-state index contributed by atoms with van der Waals surface area (Å²) in [5.41, 5.74) is 2.07. The number of halogens is 2.